The summed E-state index contributed by atoms with van der Waals surface area (Å²) in [5.74, 6) is 0. The van der Waals surface area contributed by atoms with Gasteiger partial charge >= 0.3 is 0 Å². The standard InChI is InChI=1S/C7H12N2/c1-3-8-6-5-7-9-4-2/h1,5-6,8-9H,4,7H2,2H3/b6-5-. The van der Waals surface area contributed by atoms with Crippen molar-refractivity contribution in [2.45, 2.75) is 6.92 Å². The zero-order chi connectivity index (χ0) is 6.95. The Morgan fingerprint density at radius 1 is 1.67 bits per heavy atom. The Kier molecular flexibility index (Phi) is 6.32. The van der Waals surface area contributed by atoms with Crippen molar-refractivity contribution in [3.63, 3.8) is 0 Å². The van der Waals surface area contributed by atoms with E-state index in [4.69, 9.17) is 6.42 Å². The first-order valence-corrected chi connectivity index (χ1v) is 2.98. The van der Waals surface area contributed by atoms with Gasteiger partial charge in [0.2, 0.25) is 0 Å². The third-order valence-corrected chi connectivity index (χ3v) is 0.797. The van der Waals surface area contributed by atoms with Crippen LogP contribution >= 0.6 is 0 Å². The molecule has 9 heavy (non-hydrogen) atoms. The molecule has 0 heterocycles. The minimum Gasteiger partial charge on any atom is -0.322 e. The van der Waals surface area contributed by atoms with Crippen molar-refractivity contribution >= 4 is 0 Å². The van der Waals surface area contributed by atoms with Gasteiger partial charge in [-0.2, -0.15) is 0 Å². The highest BCUT2D eigenvalue weighted by atomic mass is 14.8. The van der Waals surface area contributed by atoms with Crippen molar-refractivity contribution in [3.8, 4) is 12.5 Å². The molecule has 0 amide bonds. The molecule has 0 atom stereocenters. The van der Waals surface area contributed by atoms with E-state index in [2.05, 4.69) is 23.6 Å². The Balaban J connectivity index is 2.97. The Morgan fingerprint density at radius 2 is 2.44 bits per heavy atom. The smallest absolute Gasteiger partial charge is 0.0152 e. The molecule has 0 aromatic rings. The van der Waals surface area contributed by atoms with E-state index in [1.54, 1.807) is 6.20 Å². The Morgan fingerprint density at radius 3 is 3.00 bits per heavy atom. The van der Waals surface area contributed by atoms with Crippen LogP contribution in [0, 0.1) is 12.5 Å². The molecule has 2 N–H and O–H groups in total. The quantitative estimate of drug-likeness (QED) is 0.320. The van der Waals surface area contributed by atoms with Crippen LogP contribution in [0.4, 0.5) is 0 Å². The number of likely N-dealkylation sites (N-methyl/N-ethyl adjacent to an activating group) is 1. The van der Waals surface area contributed by atoms with E-state index in [1.165, 1.54) is 0 Å². The van der Waals surface area contributed by atoms with Crippen LogP contribution in [0.3, 0.4) is 0 Å². The molecule has 50 valence electrons. The van der Waals surface area contributed by atoms with Crippen LogP contribution in [0.1, 0.15) is 6.92 Å². The second kappa shape index (κ2) is 7.06. The lowest BCUT2D eigenvalue weighted by Gasteiger charge is -1.91. The van der Waals surface area contributed by atoms with Gasteiger partial charge < -0.3 is 10.6 Å². The molecule has 0 aromatic carbocycles. The largest absolute Gasteiger partial charge is 0.322 e. The summed E-state index contributed by atoms with van der Waals surface area (Å²) < 4.78 is 0. The van der Waals surface area contributed by atoms with Crippen molar-refractivity contribution in [2.75, 3.05) is 13.1 Å². The first kappa shape index (κ1) is 8.06. The van der Waals surface area contributed by atoms with Crippen LogP contribution in [0.5, 0.6) is 0 Å². The summed E-state index contributed by atoms with van der Waals surface area (Å²) in [4.78, 5) is 0. The van der Waals surface area contributed by atoms with Gasteiger partial charge in [-0.1, -0.05) is 19.4 Å². The van der Waals surface area contributed by atoms with Crippen molar-refractivity contribution in [1.82, 2.24) is 10.6 Å². The Bertz CT molecular complexity index is 111. The van der Waals surface area contributed by atoms with Crippen LogP contribution < -0.4 is 10.6 Å². The minimum absolute atomic E-state index is 0.866. The van der Waals surface area contributed by atoms with Crippen molar-refractivity contribution < 1.29 is 0 Å². The SMILES string of the molecule is C#CN/C=C\CNCC. The second-order valence-electron chi connectivity index (χ2n) is 1.50. The lowest BCUT2D eigenvalue weighted by atomic mass is 10.6. The van der Waals surface area contributed by atoms with E-state index in [-0.39, 0.29) is 0 Å². The molecule has 0 rings (SSSR count). The molecular formula is C7H12N2. The van der Waals surface area contributed by atoms with Gasteiger partial charge in [0.05, 0.1) is 0 Å². The van der Waals surface area contributed by atoms with Gasteiger partial charge in [0.15, 0.2) is 0 Å². The molecule has 0 spiro atoms. The van der Waals surface area contributed by atoms with Gasteiger partial charge in [0.1, 0.15) is 0 Å². The maximum Gasteiger partial charge on any atom is 0.0152 e. The van der Waals surface area contributed by atoms with Gasteiger partial charge in [0.25, 0.3) is 0 Å². The van der Waals surface area contributed by atoms with Gasteiger partial charge in [0, 0.05) is 18.8 Å². The Hall–Kier alpha value is -0.940. The fourth-order valence-electron chi connectivity index (χ4n) is 0.394. The predicted octanol–water partition coefficient (Wildman–Crippen LogP) is 0.290. The van der Waals surface area contributed by atoms with E-state index in [1.807, 2.05) is 6.08 Å². The van der Waals surface area contributed by atoms with Gasteiger partial charge in [-0.3, -0.25) is 0 Å². The highest BCUT2D eigenvalue weighted by Crippen LogP contribution is 1.63. The number of hydrogen-bond acceptors (Lipinski definition) is 2. The van der Waals surface area contributed by atoms with E-state index >= 15 is 0 Å². The number of hydrogen-bond donors (Lipinski definition) is 2. The molecule has 0 bridgehead atoms. The molecule has 0 saturated heterocycles. The minimum atomic E-state index is 0.866. The molecule has 2 heteroatoms. The van der Waals surface area contributed by atoms with Crippen LogP contribution in [0.15, 0.2) is 12.3 Å². The van der Waals surface area contributed by atoms with Crippen molar-refractivity contribution in [2.24, 2.45) is 0 Å². The number of nitrogens with one attached hydrogen (secondary N) is 2. The fraction of sp³-hybridized carbons (Fsp3) is 0.429. The van der Waals surface area contributed by atoms with Gasteiger partial charge in [-0.25, -0.2) is 0 Å². The summed E-state index contributed by atoms with van der Waals surface area (Å²) in [6.07, 6.45) is 8.58. The first-order valence-electron chi connectivity index (χ1n) is 2.98. The molecule has 0 aliphatic carbocycles. The van der Waals surface area contributed by atoms with Crippen LogP contribution in [0.25, 0.3) is 0 Å². The summed E-state index contributed by atoms with van der Waals surface area (Å²) in [5, 5.41) is 5.73. The average Bonchev–Trinajstić information content (AvgIpc) is 1.89. The predicted molar refractivity (Wildman–Crippen MR) is 39.7 cm³/mol. The first-order chi connectivity index (χ1) is 4.41. The summed E-state index contributed by atoms with van der Waals surface area (Å²) in [6.45, 7) is 3.91. The third-order valence-electron chi connectivity index (χ3n) is 0.797. The van der Waals surface area contributed by atoms with E-state index in [0.717, 1.165) is 13.1 Å². The maximum atomic E-state index is 4.91. The molecule has 0 saturated carbocycles. The fourth-order valence-corrected chi connectivity index (χ4v) is 0.394. The van der Waals surface area contributed by atoms with Crippen molar-refractivity contribution in [1.29, 1.82) is 0 Å². The average molecular weight is 124 g/mol. The van der Waals surface area contributed by atoms with Gasteiger partial charge in [-0.05, 0) is 6.54 Å². The second-order valence-corrected chi connectivity index (χ2v) is 1.50. The zero-order valence-corrected chi connectivity index (χ0v) is 5.65. The lowest BCUT2D eigenvalue weighted by Crippen LogP contribution is -2.12. The molecule has 0 aromatic heterocycles. The Labute approximate surface area is 56.3 Å². The summed E-state index contributed by atoms with van der Waals surface area (Å²) in [6, 6.07) is 2.28. The van der Waals surface area contributed by atoms with E-state index in [0.29, 0.717) is 0 Å². The normalized spacial score (nSPS) is 9.33. The highest BCUT2D eigenvalue weighted by Gasteiger charge is 1.71. The monoisotopic (exact) mass is 124 g/mol. The van der Waals surface area contributed by atoms with Crippen molar-refractivity contribution in [3.05, 3.63) is 12.3 Å². The number of rotatable bonds is 4. The lowest BCUT2D eigenvalue weighted by molar-refractivity contribution is 0.797. The highest BCUT2D eigenvalue weighted by molar-refractivity contribution is 4.91. The van der Waals surface area contributed by atoms with Crippen LogP contribution in [-0.4, -0.2) is 13.1 Å². The molecule has 0 aliphatic heterocycles. The maximum absolute atomic E-state index is 4.91. The zero-order valence-electron chi connectivity index (χ0n) is 5.65. The molecule has 2 nitrogen and oxygen atoms in total. The molecule has 0 unspecified atom stereocenters. The molecule has 0 radical (unpaired) electrons. The summed E-state index contributed by atoms with van der Waals surface area (Å²) in [7, 11) is 0. The van der Waals surface area contributed by atoms with Crippen LogP contribution in [-0.2, 0) is 0 Å². The van der Waals surface area contributed by atoms with E-state index < -0.39 is 0 Å². The number of terminal acetylenes is 1. The summed E-state index contributed by atoms with van der Waals surface area (Å²) in [5.41, 5.74) is 0. The molecular weight excluding hydrogens is 112 g/mol. The van der Waals surface area contributed by atoms with E-state index in [9.17, 15) is 0 Å². The summed E-state index contributed by atoms with van der Waals surface area (Å²) >= 11 is 0. The molecule has 0 fully saturated rings. The van der Waals surface area contributed by atoms with Crippen LogP contribution in [0.2, 0.25) is 0 Å². The third kappa shape index (κ3) is 7.06. The van der Waals surface area contributed by atoms with Gasteiger partial charge in [-0.15, -0.1) is 0 Å². The molecule has 0 aliphatic rings. The topological polar surface area (TPSA) is 24.1 Å².